The average Bonchev–Trinajstić information content (AvgIpc) is 3.78. The number of para-hydroxylation sites is 1. The van der Waals surface area contributed by atoms with Crippen molar-refractivity contribution in [3.05, 3.63) is 169 Å². The number of aryl methyl sites for hydroxylation is 2. The van der Waals surface area contributed by atoms with Crippen LogP contribution in [0.2, 0.25) is 0 Å². The summed E-state index contributed by atoms with van der Waals surface area (Å²) >= 11 is 0. The number of nitrogens with zero attached hydrogens (tertiary/aromatic N) is 4. The number of hydrogen-bond donors (Lipinski definition) is 0. The summed E-state index contributed by atoms with van der Waals surface area (Å²) in [6, 6.07) is 47.0. The molecular formula is C46H36IrN4O-2. The van der Waals surface area contributed by atoms with Gasteiger partial charge in [-0.1, -0.05) is 104 Å². The van der Waals surface area contributed by atoms with Crippen LogP contribution in [0.3, 0.4) is 0 Å². The second-order valence-electron chi connectivity index (χ2n) is 12.6. The molecular weight excluding hydrogens is 817 g/mol. The first-order chi connectivity index (χ1) is 27.3. The maximum atomic E-state index is 7.28. The zero-order valence-electron chi connectivity index (χ0n) is 34.4. The molecule has 0 atom stereocenters. The molecule has 52 heavy (non-hydrogen) atoms. The van der Waals surface area contributed by atoms with Crippen molar-refractivity contribution in [1.82, 2.24) is 19.5 Å². The van der Waals surface area contributed by atoms with Crippen LogP contribution in [0.5, 0.6) is 0 Å². The molecule has 0 aliphatic heterocycles. The van der Waals surface area contributed by atoms with Gasteiger partial charge in [0.25, 0.3) is 0 Å². The van der Waals surface area contributed by atoms with Crippen molar-refractivity contribution in [3.63, 3.8) is 0 Å². The second-order valence-corrected chi connectivity index (χ2v) is 12.6. The number of imidazole rings is 1. The Morgan fingerprint density at radius 2 is 1.54 bits per heavy atom. The zero-order chi connectivity index (χ0) is 39.9. The van der Waals surface area contributed by atoms with Crippen molar-refractivity contribution in [2.24, 2.45) is 0 Å². The van der Waals surface area contributed by atoms with Crippen LogP contribution in [-0.4, -0.2) is 19.5 Å². The smallest absolute Gasteiger partial charge is 0.145 e. The van der Waals surface area contributed by atoms with Gasteiger partial charge in [0.15, 0.2) is 0 Å². The maximum absolute atomic E-state index is 7.28. The fourth-order valence-corrected chi connectivity index (χ4v) is 6.20. The average molecular weight is 859 g/mol. The minimum atomic E-state index is -2.18. The fourth-order valence-electron chi connectivity index (χ4n) is 6.20. The molecule has 5 aromatic carbocycles. The van der Waals surface area contributed by atoms with Crippen molar-refractivity contribution < 1.29 is 32.7 Å². The van der Waals surface area contributed by atoms with Gasteiger partial charge in [0.1, 0.15) is 11.4 Å². The molecule has 4 heterocycles. The number of aromatic nitrogens is 4. The molecule has 0 unspecified atom stereocenters. The van der Waals surface area contributed by atoms with Gasteiger partial charge >= 0.3 is 0 Å². The summed E-state index contributed by atoms with van der Waals surface area (Å²) in [4.78, 5) is 13.8. The van der Waals surface area contributed by atoms with Crippen LogP contribution in [0.4, 0.5) is 0 Å². The first kappa shape index (κ1) is 28.0. The number of benzene rings is 5. The van der Waals surface area contributed by atoms with Crippen LogP contribution in [0.15, 0.2) is 144 Å². The molecule has 0 N–H and O–H groups in total. The normalized spacial score (nSPS) is 13.3. The van der Waals surface area contributed by atoms with Crippen molar-refractivity contribution in [3.8, 4) is 39.6 Å². The molecule has 0 aliphatic carbocycles. The molecule has 257 valence electrons. The zero-order valence-corrected chi connectivity index (χ0v) is 30.8. The number of furan rings is 1. The number of rotatable bonds is 5. The standard InChI is InChI=1S/C33H24N3O.C13H12N.Ir/c1-21(2)23-16-17-34-28(18-23)26-15-9-14-25-27-19-30-29(20-31(27)37-32(25)26)35-33(22-10-5-3-6-11-22)36(30)24-12-7-4-8-13-24;1-10-3-6-12(7-4-10)13-8-5-11(2)9-14-13;/h3-14,16-21H,1-2H3;3-6,8-9H,1-2H3;/q2*-1;/i;1D3,2D3;. The maximum Gasteiger partial charge on any atom is 0.145 e. The molecule has 0 bridgehead atoms. The molecule has 0 spiro atoms. The van der Waals surface area contributed by atoms with Gasteiger partial charge in [-0.3, -0.25) is 4.57 Å². The van der Waals surface area contributed by atoms with E-state index in [2.05, 4.69) is 107 Å². The Balaban J connectivity index is 0.000000208. The SMILES string of the molecule is CC(C)c1ccnc(-c2[c-]ccc3c2oc2cc4nc(-c5ccccc5)n(-c5ccccc5)c4cc23)c1.[2H]C([2H])([2H])c1c[c-]c(-c2ccc(C([2H])([2H])[2H])cn2)cc1.[Ir]. The Bertz CT molecular complexity index is 2780. The Hall–Kier alpha value is -5.68. The molecule has 1 radical (unpaired) electrons. The van der Waals surface area contributed by atoms with Gasteiger partial charge in [0, 0.05) is 63.4 Å². The third kappa shape index (κ3) is 6.83. The molecule has 5 nitrogen and oxygen atoms in total. The molecule has 0 amide bonds. The molecule has 6 heteroatoms. The monoisotopic (exact) mass is 859 g/mol. The van der Waals surface area contributed by atoms with E-state index in [0.717, 1.165) is 61.3 Å². The van der Waals surface area contributed by atoms with Gasteiger partial charge in [-0.2, -0.15) is 0 Å². The van der Waals surface area contributed by atoms with Gasteiger partial charge in [-0.05, 0) is 54.0 Å². The fraction of sp³-hybridized carbons (Fsp3) is 0.109. The molecule has 4 aromatic heterocycles. The summed E-state index contributed by atoms with van der Waals surface area (Å²) in [5.41, 5.74) is 10.2. The van der Waals surface area contributed by atoms with E-state index in [9.17, 15) is 0 Å². The van der Waals surface area contributed by atoms with Crippen LogP contribution >= 0.6 is 0 Å². The van der Waals surface area contributed by atoms with Gasteiger partial charge < -0.3 is 14.4 Å². The van der Waals surface area contributed by atoms with Gasteiger partial charge in [0.05, 0.1) is 16.6 Å². The van der Waals surface area contributed by atoms with Crippen molar-refractivity contribution in [1.29, 1.82) is 0 Å². The quantitative estimate of drug-likeness (QED) is 0.162. The summed E-state index contributed by atoms with van der Waals surface area (Å²) in [6.45, 7) is 0.0393. The molecule has 0 aliphatic rings. The van der Waals surface area contributed by atoms with E-state index < -0.39 is 13.7 Å². The van der Waals surface area contributed by atoms with E-state index in [0.29, 0.717) is 17.2 Å². The van der Waals surface area contributed by atoms with Crippen LogP contribution in [0, 0.1) is 25.8 Å². The predicted molar refractivity (Wildman–Crippen MR) is 208 cm³/mol. The minimum absolute atomic E-state index is 0. The molecule has 0 fully saturated rings. The summed E-state index contributed by atoms with van der Waals surface area (Å²) in [7, 11) is 0. The van der Waals surface area contributed by atoms with E-state index >= 15 is 0 Å². The van der Waals surface area contributed by atoms with Crippen molar-refractivity contribution >= 4 is 33.0 Å². The predicted octanol–water partition coefficient (Wildman–Crippen LogP) is 11.7. The Labute approximate surface area is 325 Å². The van der Waals surface area contributed by atoms with Crippen LogP contribution < -0.4 is 0 Å². The van der Waals surface area contributed by atoms with Gasteiger partial charge in [0.2, 0.25) is 0 Å². The van der Waals surface area contributed by atoms with Crippen LogP contribution in [0.1, 0.15) is 44.7 Å². The third-order valence-electron chi connectivity index (χ3n) is 8.81. The van der Waals surface area contributed by atoms with E-state index in [1.807, 2.05) is 36.5 Å². The van der Waals surface area contributed by atoms with Crippen LogP contribution in [0.25, 0.3) is 72.6 Å². The van der Waals surface area contributed by atoms with E-state index in [-0.39, 0.29) is 31.2 Å². The van der Waals surface area contributed by atoms with Crippen LogP contribution in [-0.2, 0) is 20.1 Å². The Morgan fingerprint density at radius 1 is 0.750 bits per heavy atom. The Morgan fingerprint density at radius 3 is 2.25 bits per heavy atom. The first-order valence-corrected chi connectivity index (χ1v) is 16.7. The molecule has 9 rings (SSSR count). The third-order valence-corrected chi connectivity index (χ3v) is 8.81. The molecule has 9 aromatic rings. The van der Waals surface area contributed by atoms with Gasteiger partial charge in [-0.15, -0.1) is 53.6 Å². The summed E-state index contributed by atoms with van der Waals surface area (Å²) in [6.07, 6.45) is 3.17. The van der Waals surface area contributed by atoms with E-state index in [1.54, 1.807) is 12.1 Å². The Kier molecular flexibility index (Phi) is 8.01. The number of fused-ring (bicyclic) bond motifs is 4. The first-order valence-electron chi connectivity index (χ1n) is 19.7. The molecule has 0 saturated heterocycles. The number of hydrogen-bond acceptors (Lipinski definition) is 4. The largest absolute Gasteiger partial charge is 0.501 e. The van der Waals surface area contributed by atoms with E-state index in [1.165, 1.54) is 30.0 Å². The number of pyridine rings is 2. The minimum Gasteiger partial charge on any atom is -0.501 e. The van der Waals surface area contributed by atoms with Gasteiger partial charge in [-0.25, -0.2) is 4.98 Å². The summed E-state index contributed by atoms with van der Waals surface area (Å²) in [5, 5.41) is 2.10. The summed E-state index contributed by atoms with van der Waals surface area (Å²) < 4.78 is 52.4. The van der Waals surface area contributed by atoms with Crippen molar-refractivity contribution in [2.45, 2.75) is 33.5 Å². The van der Waals surface area contributed by atoms with E-state index in [4.69, 9.17) is 17.6 Å². The summed E-state index contributed by atoms with van der Waals surface area (Å²) in [5.74, 6) is 1.32. The second kappa shape index (κ2) is 14.9. The van der Waals surface area contributed by atoms with Crippen molar-refractivity contribution in [2.75, 3.05) is 0 Å². The topological polar surface area (TPSA) is 56.7 Å². The molecule has 0 saturated carbocycles.